The number of pyridine rings is 1. The molecule has 0 atom stereocenters. The number of carbonyl (C=O) groups excluding carboxylic acids is 1. The predicted octanol–water partition coefficient (Wildman–Crippen LogP) is 3.79. The van der Waals surface area contributed by atoms with Crippen molar-refractivity contribution in [2.45, 2.75) is 39.3 Å². The Morgan fingerprint density at radius 3 is 2.70 bits per heavy atom. The smallest absolute Gasteiger partial charge is 0.508 e. The number of halogens is 1. The third-order valence-corrected chi connectivity index (χ3v) is 6.93. The van der Waals surface area contributed by atoms with Crippen LogP contribution in [0.15, 0.2) is 36.4 Å². The number of aromatic nitrogens is 3. The Bertz CT molecular complexity index is 1520. The van der Waals surface area contributed by atoms with Gasteiger partial charge in [-0.15, -0.1) is 0 Å². The van der Waals surface area contributed by atoms with Crippen molar-refractivity contribution < 1.29 is 28.8 Å². The Balaban J connectivity index is 1.92. The fourth-order valence-corrected chi connectivity index (χ4v) is 4.84. The summed E-state index contributed by atoms with van der Waals surface area (Å²) in [6.07, 6.45) is 2.41. The number of aromatic hydroxyl groups is 1. The Morgan fingerprint density at radius 1 is 1.22 bits per heavy atom. The van der Waals surface area contributed by atoms with Crippen LogP contribution in [0.5, 0.6) is 11.5 Å². The minimum Gasteiger partial charge on any atom is -0.508 e. The molecule has 0 spiro atoms. The van der Waals surface area contributed by atoms with Gasteiger partial charge in [0.1, 0.15) is 22.8 Å². The summed E-state index contributed by atoms with van der Waals surface area (Å²) >= 11 is 2.00. The summed E-state index contributed by atoms with van der Waals surface area (Å²) < 4.78 is 18.8. The maximum Gasteiger partial charge on any atom is 0.524 e. The van der Waals surface area contributed by atoms with Crippen molar-refractivity contribution in [3.8, 4) is 11.5 Å². The molecule has 4 rings (SSSR count). The van der Waals surface area contributed by atoms with Crippen LogP contribution < -0.4 is 15.6 Å². The number of hydrogen-bond acceptors (Lipinski definition) is 7. The molecule has 0 bridgehead atoms. The van der Waals surface area contributed by atoms with E-state index < -0.39 is 7.82 Å². The molecule has 0 aliphatic carbocycles. The number of imidazole rings is 1. The molecule has 2 aromatic heterocycles. The summed E-state index contributed by atoms with van der Waals surface area (Å²) in [7, 11) is -4.84. The number of alkyl halides is 1. The Hall–Kier alpha value is -2.93. The highest BCUT2D eigenvalue weighted by Crippen LogP contribution is 2.41. The van der Waals surface area contributed by atoms with E-state index in [2.05, 4.69) is 17.2 Å². The van der Waals surface area contributed by atoms with Crippen molar-refractivity contribution in [3.05, 3.63) is 53.3 Å². The minimum atomic E-state index is -4.84. The van der Waals surface area contributed by atoms with Crippen LogP contribution in [-0.4, -0.2) is 39.8 Å². The summed E-state index contributed by atoms with van der Waals surface area (Å²) in [5.74, 6) is 0.768. The Labute approximate surface area is 226 Å². The number of anilines is 1. The molecule has 196 valence electrons. The second-order valence-electron chi connectivity index (χ2n) is 8.55. The molecule has 0 aliphatic rings. The lowest BCUT2D eigenvalue weighted by Crippen LogP contribution is -2.23. The number of nitrogens with two attached hydrogens (primary N) is 1. The fourth-order valence-electron chi connectivity index (χ4n) is 4.13. The molecule has 0 fully saturated rings. The van der Waals surface area contributed by atoms with Gasteiger partial charge in [-0.1, -0.05) is 42.0 Å². The van der Waals surface area contributed by atoms with Gasteiger partial charge < -0.3 is 25.2 Å². The molecule has 2 aromatic carbocycles. The van der Waals surface area contributed by atoms with Crippen LogP contribution in [-0.2, 0) is 28.9 Å². The van der Waals surface area contributed by atoms with E-state index in [1.165, 1.54) is 18.2 Å². The number of amides is 1. The normalized spacial score (nSPS) is 11.8. The highest BCUT2D eigenvalue weighted by Gasteiger charge is 2.22. The maximum atomic E-state index is 11.8. The molecule has 0 saturated heterocycles. The number of nitrogens with zero attached hydrogens (tertiary/aromatic N) is 3. The summed E-state index contributed by atoms with van der Waals surface area (Å²) in [5, 5.41) is 13.8. The quantitative estimate of drug-likeness (QED) is 0.0984. The van der Waals surface area contributed by atoms with E-state index in [0.717, 1.165) is 23.8 Å². The Morgan fingerprint density at radius 2 is 2.00 bits per heavy atom. The first kappa shape index (κ1) is 27.1. The first-order valence-corrected chi connectivity index (χ1v) is 14.6. The summed E-state index contributed by atoms with van der Waals surface area (Å²) in [5.41, 5.74) is 9.37. The molecule has 11 nitrogen and oxygen atoms in total. The number of phosphoric ester groups is 1. The van der Waals surface area contributed by atoms with E-state index in [-0.39, 0.29) is 29.8 Å². The number of phenolic OH excluding ortho intramolecular Hbond substituents is 1. The van der Waals surface area contributed by atoms with Gasteiger partial charge in [-0.2, -0.15) is 0 Å². The van der Waals surface area contributed by atoms with Gasteiger partial charge in [0.05, 0.1) is 22.0 Å². The van der Waals surface area contributed by atoms with Crippen molar-refractivity contribution in [1.29, 1.82) is 0 Å². The number of phenols is 1. The monoisotopic (exact) mass is 639 g/mol. The van der Waals surface area contributed by atoms with E-state index in [4.69, 9.17) is 15.2 Å². The van der Waals surface area contributed by atoms with Crippen LogP contribution in [0, 0.1) is 0 Å². The lowest BCUT2D eigenvalue weighted by Gasteiger charge is -2.16. The number of carbonyl (C=O) groups is 1. The molecule has 6 N–H and O–H groups in total. The van der Waals surface area contributed by atoms with E-state index >= 15 is 0 Å². The summed E-state index contributed by atoms with van der Waals surface area (Å²) in [4.78, 5) is 39.9. The fraction of sp³-hybridized carbons (Fsp3) is 0.292. The lowest BCUT2D eigenvalue weighted by molar-refractivity contribution is -0.118. The van der Waals surface area contributed by atoms with Crippen LogP contribution in [0.4, 0.5) is 5.82 Å². The predicted molar refractivity (Wildman–Crippen MR) is 149 cm³/mol. The zero-order chi connectivity index (χ0) is 26.7. The van der Waals surface area contributed by atoms with Crippen molar-refractivity contribution in [3.63, 3.8) is 0 Å². The van der Waals surface area contributed by atoms with E-state index in [9.17, 15) is 24.3 Å². The number of hydrogen-bond donors (Lipinski definition) is 5. The zero-order valence-electron chi connectivity index (χ0n) is 20.0. The number of phosphoric acid groups is 1. The van der Waals surface area contributed by atoms with E-state index in [0.29, 0.717) is 45.3 Å². The van der Waals surface area contributed by atoms with Crippen LogP contribution in [0.25, 0.3) is 21.9 Å². The Kier molecular flexibility index (Phi) is 8.22. The van der Waals surface area contributed by atoms with Gasteiger partial charge in [0, 0.05) is 23.9 Å². The number of fused-ring (bicyclic) bond motifs is 3. The molecule has 13 heteroatoms. The third kappa shape index (κ3) is 6.32. The molecule has 1 amide bonds. The zero-order valence-corrected chi connectivity index (χ0v) is 23.1. The van der Waals surface area contributed by atoms with Gasteiger partial charge in [0.15, 0.2) is 5.82 Å². The van der Waals surface area contributed by atoms with Crippen LogP contribution >= 0.6 is 30.4 Å². The van der Waals surface area contributed by atoms with E-state index in [1.54, 1.807) is 0 Å². The number of unbranched alkanes of at least 4 members (excludes halogenated alkanes) is 1. The van der Waals surface area contributed by atoms with Gasteiger partial charge in [0.2, 0.25) is 5.91 Å². The average Bonchev–Trinajstić information content (AvgIpc) is 3.21. The van der Waals surface area contributed by atoms with Crippen molar-refractivity contribution >= 4 is 64.1 Å². The molecular formula is C24H27IN5O6P. The minimum absolute atomic E-state index is 0.0528. The number of rotatable bonds is 10. The molecule has 37 heavy (non-hydrogen) atoms. The first-order valence-electron chi connectivity index (χ1n) is 11.6. The molecule has 0 aliphatic heterocycles. The topological polar surface area (TPSA) is 173 Å². The molecular weight excluding hydrogens is 612 g/mol. The number of nitrogen functional groups attached to an aromatic ring is 1. The highest BCUT2D eigenvalue weighted by molar-refractivity contribution is 14.1. The van der Waals surface area contributed by atoms with Crippen LogP contribution in [0.1, 0.15) is 36.7 Å². The molecule has 0 radical (unpaired) electrons. The second-order valence-corrected chi connectivity index (χ2v) is 10.5. The van der Waals surface area contributed by atoms with Crippen LogP contribution in [0.3, 0.4) is 0 Å². The van der Waals surface area contributed by atoms with Gasteiger partial charge in [0.25, 0.3) is 0 Å². The van der Waals surface area contributed by atoms with Crippen molar-refractivity contribution in [1.82, 2.24) is 19.9 Å². The van der Waals surface area contributed by atoms with Crippen LogP contribution in [0.2, 0.25) is 0 Å². The molecule has 0 saturated carbocycles. The summed E-state index contributed by atoms with van der Waals surface area (Å²) in [6.45, 7) is 2.51. The van der Waals surface area contributed by atoms with Gasteiger partial charge >= 0.3 is 7.82 Å². The number of benzene rings is 2. The number of nitrogens with one attached hydrogen (secondary N) is 1. The largest absolute Gasteiger partial charge is 0.524 e. The van der Waals surface area contributed by atoms with Crippen molar-refractivity contribution in [2.75, 3.05) is 10.2 Å². The van der Waals surface area contributed by atoms with Crippen molar-refractivity contribution in [2.24, 2.45) is 0 Å². The summed E-state index contributed by atoms with van der Waals surface area (Å²) in [6, 6.07) is 9.64. The highest BCUT2D eigenvalue weighted by atomic mass is 127. The van der Waals surface area contributed by atoms with Gasteiger partial charge in [-0.3, -0.25) is 14.6 Å². The third-order valence-electron chi connectivity index (χ3n) is 5.80. The lowest BCUT2D eigenvalue weighted by atomic mass is 10.1. The maximum absolute atomic E-state index is 11.8. The van der Waals surface area contributed by atoms with Gasteiger partial charge in [-0.25, -0.2) is 14.5 Å². The second kappa shape index (κ2) is 11.2. The molecule has 2 heterocycles. The van der Waals surface area contributed by atoms with Gasteiger partial charge in [-0.05, 0) is 42.3 Å². The first-order chi connectivity index (χ1) is 17.6. The van der Waals surface area contributed by atoms with E-state index in [1.807, 2.05) is 45.4 Å². The average molecular weight is 639 g/mol. The SMILES string of the molecule is CCCCc1nc2c(N)nc3ccc(CNC(=O)CI)cc3c2n1Cc1cc(O)ccc1OP(=O)(O)O. The molecule has 0 unspecified atom stereocenters. The number of aryl methyl sites for hydroxylation is 1. The standard InChI is InChI=1S/C24H27IN5O6P/c1-2-3-4-20-29-22-23(30(20)13-15-10-16(31)6-8-19(15)36-37(33,34)35)17-9-14(12-27-21(32)11-25)5-7-18(17)28-24(22)26/h5-10,31H,2-4,11-13H2,1H3,(H2,26,28)(H,27,32)(H2,33,34,35). The molecule has 4 aromatic rings.